The molecule has 0 aliphatic rings. The van der Waals surface area contributed by atoms with Gasteiger partial charge in [-0.15, -0.1) is 0 Å². The highest BCUT2D eigenvalue weighted by atomic mass is 16.1. The van der Waals surface area contributed by atoms with E-state index in [9.17, 15) is 4.79 Å². The highest BCUT2D eigenvalue weighted by molar-refractivity contribution is 5.44. The summed E-state index contributed by atoms with van der Waals surface area (Å²) in [6.45, 7) is 2.30. The van der Waals surface area contributed by atoms with Crippen LogP contribution in [0.2, 0.25) is 0 Å². The van der Waals surface area contributed by atoms with Gasteiger partial charge in [-0.25, -0.2) is 4.79 Å². The fraction of sp³-hybridized carbons (Fsp3) is 0.929. The minimum absolute atomic E-state index is 0.919. The lowest BCUT2D eigenvalue weighted by Gasteiger charge is -2.04. The van der Waals surface area contributed by atoms with Crippen molar-refractivity contribution < 1.29 is 4.79 Å². The molecular weight excluding hydrogens is 352 g/mol. The van der Waals surface area contributed by atoms with Crippen molar-refractivity contribution >= 4 is 5.94 Å². The first-order valence-electron chi connectivity index (χ1n) is 13.6. The smallest absolute Gasteiger partial charge is 0.120 e. The van der Waals surface area contributed by atoms with Gasteiger partial charge in [0.25, 0.3) is 0 Å². The van der Waals surface area contributed by atoms with Crippen LogP contribution in [0.3, 0.4) is 0 Å². The minimum atomic E-state index is 0.919. The number of rotatable bonds is 25. The molecule has 0 amide bonds. The predicted octanol–water partition coefficient (Wildman–Crippen LogP) is 10.1. The summed E-state index contributed by atoms with van der Waals surface area (Å²) in [5.74, 6) is 1.86. The number of allylic oxidation sites excluding steroid dienone is 1. The Labute approximate surface area is 184 Å². The van der Waals surface area contributed by atoms with Gasteiger partial charge in [0.15, 0.2) is 0 Å². The van der Waals surface area contributed by atoms with Gasteiger partial charge in [-0.3, -0.25) is 0 Å². The first-order valence-corrected chi connectivity index (χ1v) is 13.6. The van der Waals surface area contributed by atoms with Crippen LogP contribution in [0.4, 0.5) is 0 Å². The van der Waals surface area contributed by atoms with Crippen LogP contribution in [0.25, 0.3) is 0 Å². The molecule has 0 atom stereocenters. The maximum absolute atomic E-state index is 10.1. The lowest BCUT2D eigenvalue weighted by molar-refractivity contribution is 0.517. The van der Waals surface area contributed by atoms with Crippen molar-refractivity contribution in [2.45, 2.75) is 167 Å². The predicted molar refractivity (Wildman–Crippen MR) is 131 cm³/mol. The summed E-state index contributed by atoms with van der Waals surface area (Å²) in [5, 5.41) is 0. The average Bonchev–Trinajstić information content (AvgIpc) is 2.74. The minimum Gasteiger partial charge on any atom is -0.234 e. The Hall–Kier alpha value is -0.550. The summed E-state index contributed by atoms with van der Waals surface area (Å²) in [5.41, 5.74) is 0. The summed E-state index contributed by atoms with van der Waals surface area (Å²) in [4.78, 5) is 10.1. The molecule has 0 aromatic rings. The number of unbranched alkanes of at least 4 members (excludes halogenated alkanes) is 24. The van der Waals surface area contributed by atoms with E-state index >= 15 is 0 Å². The first kappa shape index (κ1) is 28.5. The molecule has 0 rings (SSSR count). The van der Waals surface area contributed by atoms with Crippen LogP contribution < -0.4 is 0 Å². The van der Waals surface area contributed by atoms with E-state index in [4.69, 9.17) is 0 Å². The van der Waals surface area contributed by atoms with Gasteiger partial charge in [-0.2, -0.15) is 0 Å². The third kappa shape index (κ3) is 27.4. The Bertz CT molecular complexity index is 329. The normalized spacial score (nSPS) is 10.9. The van der Waals surface area contributed by atoms with Crippen molar-refractivity contribution in [3.63, 3.8) is 0 Å². The van der Waals surface area contributed by atoms with Gasteiger partial charge in [-0.1, -0.05) is 155 Å². The van der Waals surface area contributed by atoms with E-state index in [2.05, 4.69) is 6.92 Å². The van der Waals surface area contributed by atoms with Gasteiger partial charge in [0.2, 0.25) is 0 Å². The third-order valence-electron chi connectivity index (χ3n) is 6.29. The van der Waals surface area contributed by atoms with Crippen molar-refractivity contribution in [1.82, 2.24) is 0 Å². The van der Waals surface area contributed by atoms with Crippen LogP contribution in [0.1, 0.15) is 167 Å². The lowest BCUT2D eigenvalue weighted by Crippen LogP contribution is -1.84. The summed E-state index contributed by atoms with van der Waals surface area (Å²) in [6.07, 6.45) is 36.8. The molecule has 172 valence electrons. The fourth-order valence-corrected chi connectivity index (χ4v) is 4.27. The highest BCUT2D eigenvalue weighted by Crippen LogP contribution is 2.15. The number of hydrogen-bond acceptors (Lipinski definition) is 1. The van der Waals surface area contributed by atoms with Crippen LogP contribution in [0.5, 0.6) is 0 Å². The fourth-order valence-electron chi connectivity index (χ4n) is 4.27. The molecule has 0 radical (unpaired) electrons. The van der Waals surface area contributed by atoms with Crippen molar-refractivity contribution in [3.8, 4) is 0 Å². The Morgan fingerprint density at radius 1 is 0.414 bits per heavy atom. The average molecular weight is 407 g/mol. The molecule has 29 heavy (non-hydrogen) atoms. The Morgan fingerprint density at radius 2 is 0.655 bits per heavy atom. The topological polar surface area (TPSA) is 17.1 Å². The Morgan fingerprint density at radius 3 is 0.897 bits per heavy atom. The zero-order valence-corrected chi connectivity index (χ0v) is 20.2. The molecule has 0 aromatic carbocycles. The lowest BCUT2D eigenvalue weighted by atomic mass is 10.0. The number of carbonyl (C=O) groups excluding carboxylic acids is 1. The van der Waals surface area contributed by atoms with Gasteiger partial charge < -0.3 is 0 Å². The largest absolute Gasteiger partial charge is 0.234 e. The van der Waals surface area contributed by atoms with Gasteiger partial charge in [-0.05, 0) is 18.9 Å². The van der Waals surface area contributed by atoms with Crippen LogP contribution in [0.15, 0.2) is 6.08 Å². The van der Waals surface area contributed by atoms with Crippen molar-refractivity contribution in [2.75, 3.05) is 0 Å². The Balaban J connectivity index is 2.99. The molecule has 0 unspecified atom stereocenters. The molecular formula is C28H54O. The van der Waals surface area contributed by atoms with Crippen LogP contribution in [-0.2, 0) is 4.79 Å². The van der Waals surface area contributed by atoms with Gasteiger partial charge >= 0.3 is 0 Å². The van der Waals surface area contributed by atoms with E-state index in [-0.39, 0.29) is 0 Å². The molecule has 1 heteroatoms. The SMILES string of the molecule is CCCCCCCCCCCCCCCCCCCCCCCCCCC=C=O. The van der Waals surface area contributed by atoms with Gasteiger partial charge in [0, 0.05) is 0 Å². The molecule has 0 heterocycles. The maximum Gasteiger partial charge on any atom is 0.120 e. The molecule has 0 saturated heterocycles. The van der Waals surface area contributed by atoms with Gasteiger partial charge in [0.05, 0.1) is 0 Å². The maximum atomic E-state index is 10.1. The van der Waals surface area contributed by atoms with Crippen LogP contribution in [-0.4, -0.2) is 5.94 Å². The third-order valence-corrected chi connectivity index (χ3v) is 6.29. The molecule has 0 fully saturated rings. The second kappa shape index (κ2) is 27.5. The van der Waals surface area contributed by atoms with E-state index in [0.717, 1.165) is 12.8 Å². The quantitative estimate of drug-likeness (QED) is 0.109. The molecule has 0 N–H and O–H groups in total. The summed E-state index contributed by atoms with van der Waals surface area (Å²) < 4.78 is 0. The van der Waals surface area contributed by atoms with E-state index in [0.29, 0.717) is 0 Å². The van der Waals surface area contributed by atoms with E-state index < -0.39 is 0 Å². The van der Waals surface area contributed by atoms with E-state index in [1.54, 1.807) is 6.08 Å². The zero-order valence-electron chi connectivity index (χ0n) is 20.2. The summed E-state index contributed by atoms with van der Waals surface area (Å²) in [6, 6.07) is 0. The van der Waals surface area contributed by atoms with E-state index in [1.807, 2.05) is 5.94 Å². The van der Waals surface area contributed by atoms with Crippen molar-refractivity contribution in [1.29, 1.82) is 0 Å². The molecule has 0 aliphatic carbocycles. The monoisotopic (exact) mass is 406 g/mol. The van der Waals surface area contributed by atoms with Crippen LogP contribution >= 0.6 is 0 Å². The zero-order chi connectivity index (χ0) is 21.1. The van der Waals surface area contributed by atoms with Crippen molar-refractivity contribution in [2.24, 2.45) is 0 Å². The van der Waals surface area contributed by atoms with Crippen molar-refractivity contribution in [3.05, 3.63) is 6.08 Å². The first-order chi connectivity index (χ1) is 14.4. The van der Waals surface area contributed by atoms with Gasteiger partial charge in [0.1, 0.15) is 5.94 Å². The molecule has 1 nitrogen and oxygen atoms in total. The second-order valence-electron chi connectivity index (χ2n) is 9.24. The second-order valence-corrected chi connectivity index (χ2v) is 9.24. The molecule has 0 saturated carbocycles. The standard InChI is InChI=1S/C28H54O/c1-2-3-4-5-6-7-8-9-10-11-12-13-14-15-16-17-18-19-20-21-22-23-24-25-26-27-28-29/h27H,2-26H2,1H3. The highest BCUT2D eigenvalue weighted by Gasteiger charge is 1.96. The summed E-state index contributed by atoms with van der Waals surface area (Å²) >= 11 is 0. The molecule has 0 aliphatic heterocycles. The molecule has 0 aromatic heterocycles. The number of hydrogen-bond donors (Lipinski definition) is 0. The molecule has 0 spiro atoms. The molecule has 0 bridgehead atoms. The Kier molecular flexibility index (Phi) is 26.9. The summed E-state index contributed by atoms with van der Waals surface area (Å²) in [7, 11) is 0. The van der Waals surface area contributed by atoms with E-state index in [1.165, 1.54) is 148 Å². The van der Waals surface area contributed by atoms with Crippen LogP contribution in [0, 0.1) is 0 Å².